The third kappa shape index (κ3) is 5.94. The van der Waals surface area contributed by atoms with E-state index in [4.69, 9.17) is 4.74 Å². The van der Waals surface area contributed by atoms with Gasteiger partial charge in [0.25, 0.3) is 11.8 Å². The molecule has 0 aliphatic heterocycles. The highest BCUT2D eigenvalue weighted by atomic mass is 16.5. The second kappa shape index (κ2) is 10.9. The number of aromatic hydroxyl groups is 1. The Morgan fingerprint density at radius 2 is 1.40 bits per heavy atom. The van der Waals surface area contributed by atoms with Gasteiger partial charge in [-0.1, -0.05) is 60.7 Å². The number of nitrogens with one attached hydrogen (secondary N) is 2. The Kier molecular flexibility index (Phi) is 7.23. The number of anilines is 2. The maximum atomic E-state index is 12.9. The molecule has 0 atom stereocenters. The van der Waals surface area contributed by atoms with E-state index in [1.165, 1.54) is 7.11 Å². The number of hydrogen-bond acceptors (Lipinski definition) is 4. The second-order valence-electron chi connectivity index (χ2n) is 7.71. The minimum atomic E-state index is -0.326. The van der Waals surface area contributed by atoms with Gasteiger partial charge in [0.2, 0.25) is 0 Å². The van der Waals surface area contributed by atoms with Gasteiger partial charge >= 0.3 is 0 Å². The molecule has 4 aromatic carbocycles. The number of benzene rings is 4. The van der Waals surface area contributed by atoms with Crippen LogP contribution in [-0.2, 0) is 0 Å². The monoisotopic (exact) mass is 464 g/mol. The Morgan fingerprint density at radius 1 is 0.743 bits per heavy atom. The molecular formula is C29H24N2O4. The first kappa shape index (κ1) is 23.3. The molecule has 0 aliphatic carbocycles. The Hall–Kier alpha value is -4.84. The largest absolute Gasteiger partial charge is 0.504 e. The molecule has 0 bridgehead atoms. The molecule has 6 heteroatoms. The third-order valence-electron chi connectivity index (χ3n) is 5.30. The summed E-state index contributed by atoms with van der Waals surface area (Å²) >= 11 is 0. The summed E-state index contributed by atoms with van der Waals surface area (Å²) in [5.74, 6) is -0.113. The molecule has 4 rings (SSSR count). The number of methoxy groups -OCH3 is 1. The Morgan fingerprint density at radius 3 is 2.14 bits per heavy atom. The number of rotatable bonds is 7. The smallest absolute Gasteiger partial charge is 0.257 e. The number of phenols is 1. The number of phenolic OH excluding ortho intramolecular Hbond substituents is 1. The fourth-order valence-electron chi connectivity index (χ4n) is 3.44. The van der Waals surface area contributed by atoms with Crippen LogP contribution in [0.2, 0.25) is 0 Å². The summed E-state index contributed by atoms with van der Waals surface area (Å²) in [6.07, 6.45) is 3.83. The Balaban J connectivity index is 1.43. The summed E-state index contributed by atoms with van der Waals surface area (Å²) in [6, 6.07) is 28.2. The first-order valence-corrected chi connectivity index (χ1v) is 11.0. The average Bonchev–Trinajstić information content (AvgIpc) is 2.89. The van der Waals surface area contributed by atoms with E-state index in [0.29, 0.717) is 28.3 Å². The molecule has 0 heterocycles. The van der Waals surface area contributed by atoms with E-state index >= 15 is 0 Å². The maximum absolute atomic E-state index is 12.9. The summed E-state index contributed by atoms with van der Waals surface area (Å²) in [5.41, 5.74) is 3.75. The van der Waals surface area contributed by atoms with E-state index in [2.05, 4.69) is 10.6 Å². The molecule has 0 saturated carbocycles. The van der Waals surface area contributed by atoms with Gasteiger partial charge in [-0.2, -0.15) is 0 Å². The highest BCUT2D eigenvalue weighted by molar-refractivity contribution is 6.12. The van der Waals surface area contributed by atoms with Crippen LogP contribution in [0, 0.1) is 0 Å². The number of amides is 2. The minimum Gasteiger partial charge on any atom is -0.504 e. The summed E-state index contributed by atoms with van der Waals surface area (Å²) in [6.45, 7) is 0. The number of carbonyl (C=O) groups excluding carboxylic acids is 2. The molecule has 35 heavy (non-hydrogen) atoms. The quantitative estimate of drug-likeness (QED) is 0.290. The molecule has 0 aromatic heterocycles. The van der Waals surface area contributed by atoms with Crippen molar-refractivity contribution in [2.24, 2.45) is 0 Å². The number of ether oxygens (including phenoxy) is 1. The van der Waals surface area contributed by atoms with Crippen LogP contribution in [0.25, 0.3) is 12.2 Å². The Labute approximate surface area is 203 Å². The van der Waals surface area contributed by atoms with Crippen molar-refractivity contribution >= 4 is 35.3 Å². The molecule has 0 spiro atoms. The molecular weight excluding hydrogens is 440 g/mol. The molecule has 0 unspecified atom stereocenters. The van der Waals surface area contributed by atoms with Crippen LogP contribution in [0.15, 0.2) is 97.1 Å². The molecule has 0 fully saturated rings. The van der Waals surface area contributed by atoms with Crippen LogP contribution >= 0.6 is 0 Å². The lowest BCUT2D eigenvalue weighted by molar-refractivity contribution is 0.102. The summed E-state index contributed by atoms with van der Waals surface area (Å²) in [7, 11) is 1.51. The third-order valence-corrected chi connectivity index (χ3v) is 5.30. The zero-order valence-electron chi connectivity index (χ0n) is 19.1. The molecule has 3 N–H and O–H groups in total. The summed E-state index contributed by atoms with van der Waals surface area (Å²) in [4.78, 5) is 25.5. The van der Waals surface area contributed by atoms with Gasteiger partial charge in [-0.25, -0.2) is 0 Å². The number of hydrogen-bond donors (Lipinski definition) is 3. The normalized spacial score (nSPS) is 10.7. The predicted molar refractivity (Wildman–Crippen MR) is 139 cm³/mol. The second-order valence-corrected chi connectivity index (χ2v) is 7.71. The molecule has 2 amide bonds. The SMILES string of the molecule is COc1cc(/C=C/c2ccc(NC(=O)c3ccccc3NC(=O)c3ccccc3)cc2)ccc1O. The van der Waals surface area contributed by atoms with E-state index in [9.17, 15) is 14.7 Å². The van der Waals surface area contributed by atoms with Crippen LogP contribution in [0.1, 0.15) is 31.8 Å². The van der Waals surface area contributed by atoms with Gasteiger partial charge < -0.3 is 20.5 Å². The molecule has 4 aromatic rings. The van der Waals surface area contributed by atoms with Gasteiger partial charge in [-0.15, -0.1) is 0 Å². The molecule has 0 radical (unpaired) electrons. The van der Waals surface area contributed by atoms with Gasteiger partial charge in [0, 0.05) is 11.3 Å². The summed E-state index contributed by atoms with van der Waals surface area (Å²) < 4.78 is 5.13. The van der Waals surface area contributed by atoms with Crippen molar-refractivity contribution in [1.29, 1.82) is 0 Å². The zero-order chi connectivity index (χ0) is 24.6. The van der Waals surface area contributed by atoms with E-state index in [1.54, 1.807) is 78.9 Å². The van der Waals surface area contributed by atoms with Crippen molar-refractivity contribution < 1.29 is 19.4 Å². The van der Waals surface area contributed by atoms with Crippen LogP contribution < -0.4 is 15.4 Å². The molecule has 0 saturated heterocycles. The van der Waals surface area contributed by atoms with E-state index < -0.39 is 0 Å². The van der Waals surface area contributed by atoms with E-state index in [0.717, 1.165) is 11.1 Å². The highest BCUT2D eigenvalue weighted by Gasteiger charge is 2.14. The number of para-hydroxylation sites is 1. The fraction of sp³-hybridized carbons (Fsp3) is 0.0345. The van der Waals surface area contributed by atoms with Crippen molar-refractivity contribution in [2.75, 3.05) is 17.7 Å². The first-order valence-electron chi connectivity index (χ1n) is 11.0. The van der Waals surface area contributed by atoms with Crippen molar-refractivity contribution in [3.8, 4) is 11.5 Å². The average molecular weight is 465 g/mol. The lowest BCUT2D eigenvalue weighted by Crippen LogP contribution is -2.18. The van der Waals surface area contributed by atoms with Crippen molar-refractivity contribution in [1.82, 2.24) is 0 Å². The minimum absolute atomic E-state index is 0.0888. The van der Waals surface area contributed by atoms with Crippen LogP contribution in [-0.4, -0.2) is 24.0 Å². The topological polar surface area (TPSA) is 87.7 Å². The van der Waals surface area contributed by atoms with E-state index in [1.807, 2.05) is 30.4 Å². The van der Waals surface area contributed by atoms with Crippen molar-refractivity contribution in [3.63, 3.8) is 0 Å². The van der Waals surface area contributed by atoms with Crippen molar-refractivity contribution in [2.45, 2.75) is 0 Å². The van der Waals surface area contributed by atoms with Gasteiger partial charge in [-0.3, -0.25) is 9.59 Å². The molecule has 0 aliphatic rings. The molecule has 174 valence electrons. The van der Waals surface area contributed by atoms with E-state index in [-0.39, 0.29) is 17.6 Å². The highest BCUT2D eigenvalue weighted by Crippen LogP contribution is 2.27. The first-order chi connectivity index (χ1) is 17.0. The van der Waals surface area contributed by atoms with Gasteiger partial charge in [0.05, 0.1) is 18.4 Å². The van der Waals surface area contributed by atoms with Gasteiger partial charge in [0.1, 0.15) is 0 Å². The standard InChI is InChI=1S/C29H24N2O4/c1-35-27-19-21(15-18-26(27)32)12-11-20-13-16-23(17-14-20)30-29(34)24-9-5-6-10-25(24)31-28(33)22-7-3-2-4-8-22/h2-19,32H,1H3,(H,30,34)(H,31,33)/b12-11+. The lowest BCUT2D eigenvalue weighted by Gasteiger charge is -2.12. The maximum Gasteiger partial charge on any atom is 0.257 e. The summed E-state index contributed by atoms with van der Waals surface area (Å²) in [5, 5.41) is 15.4. The number of carbonyl (C=O) groups is 2. The van der Waals surface area contributed by atoms with Gasteiger partial charge in [-0.05, 0) is 59.7 Å². The van der Waals surface area contributed by atoms with Crippen molar-refractivity contribution in [3.05, 3.63) is 119 Å². The van der Waals surface area contributed by atoms with Crippen LogP contribution in [0.5, 0.6) is 11.5 Å². The Bertz CT molecular complexity index is 1360. The van der Waals surface area contributed by atoms with Crippen LogP contribution in [0.4, 0.5) is 11.4 Å². The molecule has 6 nitrogen and oxygen atoms in total. The van der Waals surface area contributed by atoms with Crippen LogP contribution in [0.3, 0.4) is 0 Å². The predicted octanol–water partition coefficient (Wildman–Crippen LogP) is 6.08. The van der Waals surface area contributed by atoms with Gasteiger partial charge in [0.15, 0.2) is 11.5 Å². The fourth-order valence-corrected chi connectivity index (χ4v) is 3.44. The zero-order valence-corrected chi connectivity index (χ0v) is 19.1. The lowest BCUT2D eigenvalue weighted by atomic mass is 10.1.